The van der Waals surface area contributed by atoms with E-state index in [1.165, 1.54) is 19.3 Å². The Balaban J connectivity index is 1.56. The van der Waals surface area contributed by atoms with Crippen molar-refractivity contribution < 1.29 is 9.21 Å². The Kier molecular flexibility index (Phi) is 6.09. The van der Waals surface area contributed by atoms with E-state index in [9.17, 15) is 4.79 Å². The minimum Gasteiger partial charge on any atom is -0.441 e. The molecule has 1 aromatic carbocycles. The van der Waals surface area contributed by atoms with Gasteiger partial charge in [-0.1, -0.05) is 24.1 Å². The molecule has 0 radical (unpaired) electrons. The Morgan fingerprint density at radius 1 is 1.27 bits per heavy atom. The van der Waals surface area contributed by atoms with Gasteiger partial charge in [0, 0.05) is 18.2 Å². The number of carbonyl (C=O) groups excluding carboxylic acids is 1. The van der Waals surface area contributed by atoms with E-state index in [0.717, 1.165) is 24.2 Å². The van der Waals surface area contributed by atoms with E-state index in [-0.39, 0.29) is 12.3 Å². The van der Waals surface area contributed by atoms with Crippen LogP contribution in [0.5, 0.6) is 0 Å². The lowest BCUT2D eigenvalue weighted by Gasteiger charge is -2.32. The molecule has 26 heavy (non-hydrogen) atoms. The van der Waals surface area contributed by atoms with E-state index >= 15 is 0 Å². The van der Waals surface area contributed by atoms with Gasteiger partial charge in [0.15, 0.2) is 0 Å². The maximum atomic E-state index is 12.3. The molecule has 0 spiro atoms. The van der Waals surface area contributed by atoms with E-state index < -0.39 is 0 Å². The topological polar surface area (TPSA) is 58.4 Å². The van der Waals surface area contributed by atoms with Crippen LogP contribution in [0.2, 0.25) is 0 Å². The third-order valence-electron chi connectivity index (χ3n) is 5.09. The van der Waals surface area contributed by atoms with Crippen LogP contribution in [0.25, 0.3) is 11.5 Å². The van der Waals surface area contributed by atoms with Crippen LogP contribution < -0.4 is 5.32 Å². The third kappa shape index (κ3) is 4.73. The molecule has 0 aliphatic carbocycles. The quantitative estimate of drug-likeness (QED) is 0.862. The standard InChI is InChI=1S/C21H29N3O2/c1-15-8-7-9-18(12-15)21-23-19(17(3)26-21)13-20(25)22-14-16(2)24-10-5-4-6-11-24/h7-9,12,16H,4-6,10-11,13-14H2,1-3H3,(H,22,25). The van der Waals surface area contributed by atoms with Crippen molar-refractivity contribution in [3.8, 4) is 11.5 Å². The summed E-state index contributed by atoms with van der Waals surface area (Å²) in [6.07, 6.45) is 4.11. The van der Waals surface area contributed by atoms with Gasteiger partial charge in [-0.15, -0.1) is 0 Å². The molecular weight excluding hydrogens is 326 g/mol. The highest BCUT2D eigenvalue weighted by atomic mass is 16.4. The Morgan fingerprint density at radius 2 is 2.04 bits per heavy atom. The third-order valence-corrected chi connectivity index (χ3v) is 5.09. The zero-order valence-corrected chi connectivity index (χ0v) is 16.0. The molecule has 1 fully saturated rings. The summed E-state index contributed by atoms with van der Waals surface area (Å²) in [5.74, 6) is 1.29. The van der Waals surface area contributed by atoms with Gasteiger partial charge in [-0.05, 0) is 58.8 Å². The fourth-order valence-electron chi connectivity index (χ4n) is 3.46. The van der Waals surface area contributed by atoms with Gasteiger partial charge in [0.25, 0.3) is 0 Å². The van der Waals surface area contributed by atoms with E-state index in [1.54, 1.807) is 0 Å². The highest BCUT2D eigenvalue weighted by molar-refractivity contribution is 5.78. The molecule has 1 N–H and O–H groups in total. The summed E-state index contributed by atoms with van der Waals surface area (Å²) in [5, 5.41) is 3.05. The van der Waals surface area contributed by atoms with E-state index in [1.807, 2.05) is 38.1 Å². The SMILES string of the molecule is Cc1cccc(-c2nc(CC(=O)NCC(C)N3CCCCC3)c(C)o2)c1. The van der Waals surface area contributed by atoms with Gasteiger partial charge in [0.05, 0.1) is 12.1 Å². The minimum atomic E-state index is 0.000974. The first kappa shape index (κ1) is 18.6. The van der Waals surface area contributed by atoms with Gasteiger partial charge in [-0.25, -0.2) is 4.98 Å². The molecular formula is C21H29N3O2. The van der Waals surface area contributed by atoms with Crippen LogP contribution in [0.1, 0.15) is 43.2 Å². The van der Waals surface area contributed by atoms with Crippen molar-refractivity contribution in [2.45, 2.75) is 52.5 Å². The molecule has 1 aliphatic heterocycles. The van der Waals surface area contributed by atoms with Gasteiger partial charge < -0.3 is 9.73 Å². The highest BCUT2D eigenvalue weighted by Gasteiger charge is 2.18. The number of hydrogen-bond acceptors (Lipinski definition) is 4. The number of nitrogens with one attached hydrogen (secondary N) is 1. The minimum absolute atomic E-state index is 0.000974. The Morgan fingerprint density at radius 3 is 2.77 bits per heavy atom. The molecule has 1 unspecified atom stereocenters. The van der Waals surface area contributed by atoms with Crippen LogP contribution in [0, 0.1) is 13.8 Å². The Bertz CT molecular complexity index is 747. The Labute approximate surface area is 155 Å². The summed E-state index contributed by atoms with van der Waals surface area (Å²) in [5.41, 5.74) is 2.81. The number of carbonyl (C=O) groups is 1. The zero-order valence-electron chi connectivity index (χ0n) is 16.0. The van der Waals surface area contributed by atoms with Crippen LogP contribution in [-0.2, 0) is 11.2 Å². The lowest BCUT2D eigenvalue weighted by atomic mass is 10.1. The molecule has 5 heteroatoms. The van der Waals surface area contributed by atoms with Crippen molar-refractivity contribution in [3.05, 3.63) is 41.3 Å². The number of aromatic nitrogens is 1. The first-order valence-electron chi connectivity index (χ1n) is 9.57. The normalized spacial score (nSPS) is 16.4. The van der Waals surface area contributed by atoms with Crippen molar-refractivity contribution in [2.24, 2.45) is 0 Å². The van der Waals surface area contributed by atoms with Crippen LogP contribution in [-0.4, -0.2) is 41.5 Å². The molecule has 0 saturated carbocycles. The zero-order chi connectivity index (χ0) is 18.5. The van der Waals surface area contributed by atoms with Gasteiger partial charge in [-0.3, -0.25) is 9.69 Å². The number of nitrogens with zero attached hydrogens (tertiary/aromatic N) is 2. The highest BCUT2D eigenvalue weighted by Crippen LogP contribution is 2.22. The predicted molar refractivity (Wildman–Crippen MR) is 103 cm³/mol. The maximum absolute atomic E-state index is 12.3. The maximum Gasteiger partial charge on any atom is 0.226 e. The molecule has 140 valence electrons. The van der Waals surface area contributed by atoms with Crippen molar-refractivity contribution in [2.75, 3.05) is 19.6 Å². The molecule has 1 saturated heterocycles. The van der Waals surface area contributed by atoms with Gasteiger partial charge in [0.2, 0.25) is 11.8 Å². The predicted octanol–water partition coefficient (Wildman–Crippen LogP) is 3.49. The van der Waals surface area contributed by atoms with E-state index in [0.29, 0.717) is 29.9 Å². The average Bonchev–Trinajstić information content (AvgIpc) is 3.01. The summed E-state index contributed by atoms with van der Waals surface area (Å²) >= 11 is 0. The number of aryl methyl sites for hydroxylation is 2. The summed E-state index contributed by atoms with van der Waals surface area (Å²) in [7, 11) is 0. The molecule has 2 aromatic rings. The number of piperidine rings is 1. The van der Waals surface area contributed by atoms with Crippen LogP contribution in [0.15, 0.2) is 28.7 Å². The number of oxazole rings is 1. The molecule has 1 aromatic heterocycles. The van der Waals surface area contributed by atoms with Crippen LogP contribution >= 0.6 is 0 Å². The largest absolute Gasteiger partial charge is 0.441 e. The first-order valence-corrected chi connectivity index (χ1v) is 9.57. The lowest BCUT2D eigenvalue weighted by Crippen LogP contribution is -2.44. The number of hydrogen-bond donors (Lipinski definition) is 1. The summed E-state index contributed by atoms with van der Waals surface area (Å²) in [4.78, 5) is 19.3. The van der Waals surface area contributed by atoms with E-state index in [2.05, 4.69) is 22.1 Å². The number of benzene rings is 1. The molecule has 1 atom stereocenters. The Hall–Kier alpha value is -2.14. The summed E-state index contributed by atoms with van der Waals surface area (Å²) < 4.78 is 5.78. The average molecular weight is 355 g/mol. The second-order valence-corrected chi connectivity index (χ2v) is 7.32. The second-order valence-electron chi connectivity index (χ2n) is 7.32. The summed E-state index contributed by atoms with van der Waals surface area (Å²) in [6, 6.07) is 8.41. The van der Waals surface area contributed by atoms with Crippen LogP contribution in [0.4, 0.5) is 0 Å². The smallest absolute Gasteiger partial charge is 0.226 e. The molecule has 1 aliphatic rings. The van der Waals surface area contributed by atoms with Crippen molar-refractivity contribution in [3.63, 3.8) is 0 Å². The van der Waals surface area contributed by atoms with Crippen molar-refractivity contribution >= 4 is 5.91 Å². The second kappa shape index (κ2) is 8.49. The summed E-state index contributed by atoms with van der Waals surface area (Å²) in [6.45, 7) is 9.05. The number of likely N-dealkylation sites (tertiary alicyclic amines) is 1. The van der Waals surface area contributed by atoms with Gasteiger partial charge >= 0.3 is 0 Å². The van der Waals surface area contributed by atoms with Crippen LogP contribution in [0.3, 0.4) is 0 Å². The first-order chi connectivity index (χ1) is 12.5. The molecule has 2 heterocycles. The van der Waals surface area contributed by atoms with Gasteiger partial charge in [-0.2, -0.15) is 0 Å². The molecule has 0 bridgehead atoms. The number of rotatable bonds is 6. The molecule has 5 nitrogen and oxygen atoms in total. The molecule has 1 amide bonds. The monoisotopic (exact) mass is 355 g/mol. The van der Waals surface area contributed by atoms with E-state index in [4.69, 9.17) is 4.42 Å². The van der Waals surface area contributed by atoms with Crippen molar-refractivity contribution in [1.29, 1.82) is 0 Å². The number of amides is 1. The molecule has 3 rings (SSSR count). The lowest BCUT2D eigenvalue weighted by molar-refractivity contribution is -0.120. The van der Waals surface area contributed by atoms with Crippen molar-refractivity contribution in [1.82, 2.24) is 15.2 Å². The van der Waals surface area contributed by atoms with Gasteiger partial charge in [0.1, 0.15) is 5.76 Å². The fourth-order valence-corrected chi connectivity index (χ4v) is 3.46. The fraction of sp³-hybridized carbons (Fsp3) is 0.524.